The third-order valence-corrected chi connectivity index (χ3v) is 5.22. The molecule has 0 saturated heterocycles. The van der Waals surface area contributed by atoms with E-state index in [-0.39, 0.29) is 20.7 Å². The van der Waals surface area contributed by atoms with E-state index in [2.05, 4.69) is 18.0 Å². The third kappa shape index (κ3) is 1.24. The van der Waals surface area contributed by atoms with Crippen LogP contribution < -0.4 is 5.73 Å². The first-order valence-corrected chi connectivity index (χ1v) is 6.30. The summed E-state index contributed by atoms with van der Waals surface area (Å²) >= 11 is 1.87. The maximum atomic E-state index is 5.70. The van der Waals surface area contributed by atoms with Gasteiger partial charge in [-0.25, -0.2) is 4.99 Å². The molecule has 0 fully saturated rings. The molecule has 0 amide bonds. The molecule has 0 spiro atoms. The van der Waals surface area contributed by atoms with E-state index in [9.17, 15) is 0 Å². The van der Waals surface area contributed by atoms with Crippen molar-refractivity contribution in [1.82, 2.24) is 0 Å². The predicted molar refractivity (Wildman–Crippen MR) is 58.6 cm³/mol. The van der Waals surface area contributed by atoms with Crippen molar-refractivity contribution >= 4 is 42.0 Å². The van der Waals surface area contributed by atoms with Gasteiger partial charge in [-0.05, 0) is 13.0 Å². The first-order chi connectivity index (χ1) is 5.27. The van der Waals surface area contributed by atoms with Gasteiger partial charge in [0.25, 0.3) is 0 Å². The maximum absolute atomic E-state index is 5.70. The highest BCUT2D eigenvalue weighted by Crippen LogP contribution is 2.28. The number of thiophene rings is 1. The summed E-state index contributed by atoms with van der Waals surface area (Å²) in [6.07, 6.45) is 0. The highest BCUT2D eigenvalue weighted by Gasteiger charge is 2.10. The van der Waals surface area contributed by atoms with Crippen molar-refractivity contribution in [1.29, 1.82) is 0 Å². The van der Waals surface area contributed by atoms with Crippen molar-refractivity contribution in [2.45, 2.75) is 6.92 Å². The standard InChI is InChI=1S/C7H7IN2S/c1-4-2-5-6(11-4)8-3-10-7(5)9/h2-3H,1H3,(H2,9,10). The molecule has 1 aliphatic heterocycles. The van der Waals surface area contributed by atoms with Crippen LogP contribution in [0.2, 0.25) is 0 Å². The zero-order valence-corrected chi connectivity index (χ0v) is 8.94. The Labute approximate surface area is 78.9 Å². The Hall–Kier alpha value is -0.230. The number of amidine groups is 1. The van der Waals surface area contributed by atoms with Gasteiger partial charge < -0.3 is 5.73 Å². The Morgan fingerprint density at radius 3 is 3.18 bits per heavy atom. The van der Waals surface area contributed by atoms with E-state index in [0.717, 1.165) is 0 Å². The number of fused-ring (bicyclic) bond motifs is 1. The van der Waals surface area contributed by atoms with Gasteiger partial charge in [0.2, 0.25) is 0 Å². The van der Waals surface area contributed by atoms with Crippen molar-refractivity contribution in [2.75, 3.05) is 0 Å². The second-order valence-electron chi connectivity index (χ2n) is 2.27. The summed E-state index contributed by atoms with van der Waals surface area (Å²) in [5.41, 5.74) is 6.89. The Kier molecular flexibility index (Phi) is 1.80. The van der Waals surface area contributed by atoms with Gasteiger partial charge in [-0.3, -0.25) is 0 Å². The normalized spacial score (nSPS) is 15.2. The molecule has 0 aromatic carbocycles. The van der Waals surface area contributed by atoms with Crippen LogP contribution in [-0.4, -0.2) is 9.97 Å². The number of aryl methyl sites for hydroxylation is 1. The summed E-state index contributed by atoms with van der Waals surface area (Å²) in [6.45, 7) is 2.11. The zero-order chi connectivity index (χ0) is 7.84. The molecule has 0 atom stereocenters. The summed E-state index contributed by atoms with van der Waals surface area (Å²) in [6, 6.07) is 2.13. The van der Waals surface area contributed by atoms with Crippen LogP contribution in [0.25, 0.3) is 0 Å². The largest absolute Gasteiger partial charge is 0.383 e. The summed E-state index contributed by atoms with van der Waals surface area (Å²) in [4.78, 5) is 5.45. The molecule has 2 rings (SSSR count). The van der Waals surface area contributed by atoms with Crippen molar-refractivity contribution in [3.8, 4) is 0 Å². The first kappa shape index (κ1) is 7.42. The smallest absolute Gasteiger partial charge is 0.133 e. The van der Waals surface area contributed by atoms with Crippen molar-refractivity contribution in [3.63, 3.8) is 0 Å². The van der Waals surface area contributed by atoms with Crippen molar-refractivity contribution < 1.29 is 0 Å². The monoisotopic (exact) mass is 278 g/mol. The molecule has 1 aliphatic rings. The average molecular weight is 278 g/mol. The Bertz CT molecular complexity index is 351. The van der Waals surface area contributed by atoms with Gasteiger partial charge >= 0.3 is 0 Å². The molecule has 0 aliphatic carbocycles. The summed E-state index contributed by atoms with van der Waals surface area (Å²) in [5, 5.41) is 0. The maximum Gasteiger partial charge on any atom is 0.133 e. The molecule has 11 heavy (non-hydrogen) atoms. The number of nitrogens with two attached hydrogens (primary N) is 1. The topological polar surface area (TPSA) is 38.4 Å². The number of aliphatic imine (C=N–C) groups is 1. The minimum atomic E-state index is 0.0147. The van der Waals surface area contributed by atoms with Crippen LogP contribution in [0.5, 0.6) is 0 Å². The molecule has 4 heteroatoms. The molecule has 2 nitrogen and oxygen atoms in total. The van der Waals surface area contributed by atoms with Gasteiger partial charge in [0.15, 0.2) is 0 Å². The molecule has 2 N–H and O–H groups in total. The molecule has 1 aromatic rings. The van der Waals surface area contributed by atoms with Crippen LogP contribution in [0, 0.1) is 9.81 Å². The summed E-state index contributed by atoms with van der Waals surface area (Å²) < 4.78 is 3.43. The van der Waals surface area contributed by atoms with E-state index in [1.54, 1.807) is 0 Å². The van der Waals surface area contributed by atoms with Crippen molar-refractivity contribution in [2.24, 2.45) is 10.7 Å². The van der Waals surface area contributed by atoms with Crippen molar-refractivity contribution in [3.05, 3.63) is 19.4 Å². The lowest BCUT2D eigenvalue weighted by molar-refractivity contribution is 1.55. The van der Waals surface area contributed by atoms with Gasteiger partial charge in [0.1, 0.15) is 5.84 Å². The molecule has 58 valence electrons. The highest BCUT2D eigenvalue weighted by molar-refractivity contribution is 14.2. The second kappa shape index (κ2) is 2.67. The van der Waals surface area contributed by atoms with E-state index in [0.29, 0.717) is 5.84 Å². The van der Waals surface area contributed by atoms with E-state index in [1.807, 2.05) is 15.5 Å². The number of hydrogen-bond acceptors (Lipinski definition) is 3. The molecule has 0 bridgehead atoms. The molecular formula is C7H7IN2S. The highest BCUT2D eigenvalue weighted by atomic mass is 127. The lowest BCUT2D eigenvalue weighted by Crippen LogP contribution is -2.14. The predicted octanol–water partition coefficient (Wildman–Crippen LogP) is 1.68. The third-order valence-electron chi connectivity index (χ3n) is 1.42. The zero-order valence-electron chi connectivity index (χ0n) is 5.97. The van der Waals surface area contributed by atoms with Crippen LogP contribution in [0.1, 0.15) is 10.4 Å². The van der Waals surface area contributed by atoms with Gasteiger partial charge in [0.05, 0.1) is 7.02 Å². The van der Waals surface area contributed by atoms with Gasteiger partial charge in [-0.1, -0.05) is 20.7 Å². The summed E-state index contributed by atoms with van der Waals surface area (Å²) in [5.74, 6) is 0.690. The van der Waals surface area contributed by atoms with Crippen LogP contribution in [0.15, 0.2) is 11.1 Å². The number of halogens is 1. The second-order valence-corrected chi connectivity index (χ2v) is 6.51. The Balaban J connectivity index is 2.66. The van der Waals surface area contributed by atoms with Crippen LogP contribution in [0.3, 0.4) is 0 Å². The molecule has 0 unspecified atom stereocenters. The molecule has 2 heterocycles. The quantitative estimate of drug-likeness (QED) is 0.720. The van der Waals surface area contributed by atoms with Gasteiger partial charge in [-0.15, -0.1) is 11.3 Å². The Morgan fingerprint density at radius 1 is 1.64 bits per heavy atom. The lowest BCUT2D eigenvalue weighted by atomic mass is 10.3. The molecule has 0 saturated carbocycles. The number of nitrogens with zero attached hydrogens (tertiary/aromatic N) is 1. The Morgan fingerprint density at radius 2 is 2.45 bits per heavy atom. The van der Waals surface area contributed by atoms with Gasteiger partial charge in [0, 0.05) is 10.4 Å². The average Bonchev–Trinajstić information content (AvgIpc) is 2.31. The number of hydrogen-bond donors (Lipinski definition) is 1. The van der Waals surface area contributed by atoms with Crippen LogP contribution in [-0.2, 0) is 0 Å². The fourth-order valence-corrected chi connectivity index (χ4v) is 4.86. The minimum Gasteiger partial charge on any atom is -0.383 e. The van der Waals surface area contributed by atoms with E-state index in [4.69, 9.17) is 5.73 Å². The summed E-state index contributed by atoms with van der Waals surface area (Å²) in [7, 11) is 0. The number of rotatable bonds is 0. The molecular weight excluding hydrogens is 271 g/mol. The van der Waals surface area contributed by atoms with Crippen LogP contribution >= 0.6 is 32.1 Å². The fraction of sp³-hybridized carbons (Fsp3) is 0.143. The SMILES string of the molecule is Cc1cc2c(s1)I=CN=C2N. The van der Waals surface area contributed by atoms with E-state index in [1.165, 1.54) is 13.3 Å². The van der Waals surface area contributed by atoms with E-state index < -0.39 is 0 Å². The molecule has 0 radical (unpaired) electrons. The minimum absolute atomic E-state index is 0.0147. The van der Waals surface area contributed by atoms with E-state index >= 15 is 0 Å². The van der Waals surface area contributed by atoms with Crippen LogP contribution in [0.4, 0.5) is 0 Å². The molecule has 1 aromatic heterocycles. The lowest BCUT2D eigenvalue weighted by Gasteiger charge is -2.00. The first-order valence-electron chi connectivity index (χ1n) is 3.16. The fourth-order valence-electron chi connectivity index (χ4n) is 0.932. The van der Waals surface area contributed by atoms with Gasteiger partial charge in [-0.2, -0.15) is 0 Å².